The highest BCUT2D eigenvalue weighted by Gasteiger charge is 2.43. The lowest BCUT2D eigenvalue weighted by molar-refractivity contribution is -0.276. The largest absolute Gasteiger partial charge is 0.574 e. The first-order valence-corrected chi connectivity index (χ1v) is 12.2. The van der Waals surface area contributed by atoms with E-state index >= 15 is 0 Å². The standard InChI is InChI=1S/C23H27F3N2O5S/c1-21(2,3)33-20(29)16-11-13-22(14-12-16,17-7-5-4-6-8-17)28-34(30,31)18-9-10-19(27-15-18)32-23(24,25)26/h4-10,15-16,28H,11-14H2,1-3H3. The number of halogens is 3. The molecule has 0 unspecified atom stereocenters. The monoisotopic (exact) mass is 500 g/mol. The van der Waals surface area contributed by atoms with Crippen molar-refractivity contribution in [3.8, 4) is 5.88 Å². The van der Waals surface area contributed by atoms with Gasteiger partial charge >= 0.3 is 12.3 Å². The molecule has 2 aromatic rings. The first-order valence-electron chi connectivity index (χ1n) is 10.7. The zero-order chi connectivity index (χ0) is 25.2. The average Bonchev–Trinajstić information content (AvgIpc) is 2.72. The Labute approximate surface area is 196 Å². The SMILES string of the molecule is CC(C)(C)OC(=O)C1CCC(NS(=O)(=O)c2ccc(OC(F)(F)F)nc2)(c2ccccc2)CC1. The van der Waals surface area contributed by atoms with Crippen LogP contribution in [-0.4, -0.2) is 31.3 Å². The summed E-state index contributed by atoms with van der Waals surface area (Å²) in [6.07, 6.45) is -2.64. The smallest absolute Gasteiger partial charge is 0.460 e. The van der Waals surface area contributed by atoms with Gasteiger partial charge in [-0.1, -0.05) is 30.3 Å². The quantitative estimate of drug-likeness (QED) is 0.579. The van der Waals surface area contributed by atoms with Gasteiger partial charge in [0, 0.05) is 6.07 Å². The number of rotatable bonds is 6. The van der Waals surface area contributed by atoms with Crippen molar-refractivity contribution >= 4 is 16.0 Å². The van der Waals surface area contributed by atoms with Crippen LogP contribution in [-0.2, 0) is 25.1 Å². The second-order valence-corrected chi connectivity index (χ2v) is 10.9. The number of hydrogen-bond donors (Lipinski definition) is 1. The molecule has 1 N–H and O–H groups in total. The van der Waals surface area contributed by atoms with Crippen molar-refractivity contribution in [1.29, 1.82) is 0 Å². The summed E-state index contributed by atoms with van der Waals surface area (Å²) >= 11 is 0. The van der Waals surface area contributed by atoms with Crippen LogP contribution in [0.5, 0.6) is 5.88 Å². The van der Waals surface area contributed by atoms with Gasteiger partial charge in [-0.15, -0.1) is 13.2 Å². The maximum absolute atomic E-state index is 13.2. The lowest BCUT2D eigenvalue weighted by atomic mass is 9.73. The van der Waals surface area contributed by atoms with E-state index in [1.54, 1.807) is 51.1 Å². The molecule has 0 amide bonds. The molecule has 0 atom stereocenters. The van der Waals surface area contributed by atoms with Gasteiger partial charge in [0.2, 0.25) is 15.9 Å². The van der Waals surface area contributed by atoms with Gasteiger partial charge in [0.25, 0.3) is 0 Å². The number of sulfonamides is 1. The van der Waals surface area contributed by atoms with Gasteiger partial charge in [-0.2, -0.15) is 0 Å². The molecule has 0 saturated heterocycles. The van der Waals surface area contributed by atoms with Gasteiger partial charge < -0.3 is 9.47 Å². The van der Waals surface area contributed by atoms with Crippen molar-refractivity contribution in [2.24, 2.45) is 5.92 Å². The van der Waals surface area contributed by atoms with Crippen LogP contribution in [0.2, 0.25) is 0 Å². The number of aromatic nitrogens is 1. The van der Waals surface area contributed by atoms with Crippen LogP contribution in [0, 0.1) is 5.92 Å². The number of hydrogen-bond acceptors (Lipinski definition) is 6. The summed E-state index contributed by atoms with van der Waals surface area (Å²) < 4.78 is 75.4. The molecule has 1 aromatic carbocycles. The molecule has 1 aliphatic carbocycles. The first kappa shape index (κ1) is 26.0. The van der Waals surface area contributed by atoms with Gasteiger partial charge in [-0.25, -0.2) is 18.1 Å². The molecule has 34 heavy (non-hydrogen) atoms. The lowest BCUT2D eigenvalue weighted by Gasteiger charge is -2.40. The lowest BCUT2D eigenvalue weighted by Crippen LogP contribution is -2.49. The fourth-order valence-corrected chi connectivity index (χ4v) is 5.35. The number of nitrogens with one attached hydrogen (secondary N) is 1. The molecule has 0 bridgehead atoms. The number of benzene rings is 1. The molecule has 186 valence electrons. The molecule has 7 nitrogen and oxygen atoms in total. The minimum absolute atomic E-state index is 0.299. The van der Waals surface area contributed by atoms with Gasteiger partial charge in [0.05, 0.1) is 17.7 Å². The van der Waals surface area contributed by atoms with Crippen molar-refractivity contribution in [3.63, 3.8) is 0 Å². The number of pyridine rings is 1. The zero-order valence-electron chi connectivity index (χ0n) is 19.1. The highest BCUT2D eigenvalue weighted by molar-refractivity contribution is 7.89. The molecule has 1 aliphatic rings. The fourth-order valence-electron chi connectivity index (χ4n) is 3.96. The van der Waals surface area contributed by atoms with Gasteiger partial charge in [0.1, 0.15) is 10.5 Å². The van der Waals surface area contributed by atoms with Crippen LogP contribution < -0.4 is 9.46 Å². The van der Waals surface area contributed by atoms with E-state index in [9.17, 15) is 26.4 Å². The van der Waals surface area contributed by atoms with E-state index in [-0.39, 0.29) is 16.8 Å². The van der Waals surface area contributed by atoms with Crippen LogP contribution in [0.1, 0.15) is 52.0 Å². The van der Waals surface area contributed by atoms with Crippen LogP contribution in [0.3, 0.4) is 0 Å². The molecule has 1 fully saturated rings. The topological polar surface area (TPSA) is 94.6 Å². The van der Waals surface area contributed by atoms with Crippen LogP contribution in [0.15, 0.2) is 53.6 Å². The number of carbonyl (C=O) groups excluding carboxylic acids is 1. The van der Waals surface area contributed by atoms with Gasteiger partial charge in [-0.05, 0) is 58.1 Å². The molecule has 0 spiro atoms. The molecular formula is C23H27F3N2O5S. The predicted octanol–water partition coefficient (Wildman–Crippen LogP) is 4.69. The van der Waals surface area contributed by atoms with Crippen molar-refractivity contribution in [1.82, 2.24) is 9.71 Å². The average molecular weight is 501 g/mol. The summed E-state index contributed by atoms with van der Waals surface area (Å²) in [7, 11) is -4.16. The number of ether oxygens (including phenoxy) is 2. The molecule has 0 aliphatic heterocycles. The Morgan fingerprint density at radius 2 is 1.68 bits per heavy atom. The summed E-state index contributed by atoms with van der Waals surface area (Å²) in [4.78, 5) is 15.7. The maximum atomic E-state index is 13.2. The molecule has 3 rings (SSSR count). The minimum Gasteiger partial charge on any atom is -0.460 e. The Balaban J connectivity index is 1.83. The maximum Gasteiger partial charge on any atom is 0.574 e. The Kier molecular flexibility index (Phi) is 7.28. The van der Waals surface area contributed by atoms with Crippen LogP contribution >= 0.6 is 0 Å². The Morgan fingerprint density at radius 3 is 2.18 bits per heavy atom. The van der Waals surface area contributed by atoms with Crippen molar-refractivity contribution in [2.75, 3.05) is 0 Å². The van der Waals surface area contributed by atoms with E-state index in [1.165, 1.54) is 0 Å². The predicted molar refractivity (Wildman–Crippen MR) is 117 cm³/mol. The highest BCUT2D eigenvalue weighted by atomic mass is 32.2. The summed E-state index contributed by atoms with van der Waals surface area (Å²) in [5.41, 5.74) is -0.896. The van der Waals surface area contributed by atoms with Crippen molar-refractivity contribution in [2.45, 2.75) is 68.9 Å². The third kappa shape index (κ3) is 6.69. The van der Waals surface area contributed by atoms with Crippen LogP contribution in [0.4, 0.5) is 13.2 Å². The molecular weight excluding hydrogens is 473 g/mol. The Bertz CT molecular complexity index is 1090. The number of esters is 1. The zero-order valence-corrected chi connectivity index (χ0v) is 19.9. The van der Waals surface area contributed by atoms with E-state index in [0.29, 0.717) is 25.7 Å². The van der Waals surface area contributed by atoms with Gasteiger partial charge in [0.15, 0.2) is 0 Å². The molecule has 0 radical (unpaired) electrons. The van der Waals surface area contributed by atoms with Crippen molar-refractivity contribution in [3.05, 3.63) is 54.2 Å². The summed E-state index contributed by atoms with van der Waals surface area (Å²) in [5, 5.41) is 0. The molecule has 1 heterocycles. The fraction of sp³-hybridized carbons (Fsp3) is 0.478. The van der Waals surface area contributed by atoms with E-state index in [1.807, 2.05) is 0 Å². The first-order chi connectivity index (χ1) is 15.7. The summed E-state index contributed by atoms with van der Waals surface area (Å²) in [6.45, 7) is 5.36. The minimum atomic E-state index is -4.93. The number of carbonyl (C=O) groups is 1. The second kappa shape index (κ2) is 9.53. The van der Waals surface area contributed by atoms with E-state index in [4.69, 9.17) is 4.74 Å². The third-order valence-electron chi connectivity index (χ3n) is 5.48. The van der Waals surface area contributed by atoms with E-state index < -0.39 is 33.4 Å². The Hall–Kier alpha value is -2.66. The summed E-state index contributed by atoms with van der Waals surface area (Å²) in [6, 6.07) is 10.8. The second-order valence-electron chi connectivity index (χ2n) is 9.24. The normalized spacial score (nSPS) is 21.6. The number of alkyl halides is 3. The van der Waals surface area contributed by atoms with Gasteiger partial charge in [-0.3, -0.25) is 4.79 Å². The molecule has 11 heteroatoms. The highest BCUT2D eigenvalue weighted by Crippen LogP contribution is 2.41. The van der Waals surface area contributed by atoms with E-state index in [0.717, 1.165) is 23.9 Å². The third-order valence-corrected chi connectivity index (χ3v) is 7.00. The number of nitrogens with zero attached hydrogens (tertiary/aromatic N) is 1. The van der Waals surface area contributed by atoms with E-state index in [2.05, 4.69) is 14.4 Å². The van der Waals surface area contributed by atoms with Crippen molar-refractivity contribution < 1.29 is 35.9 Å². The molecule has 1 saturated carbocycles. The van der Waals surface area contributed by atoms with Crippen LogP contribution in [0.25, 0.3) is 0 Å². The molecule has 1 aromatic heterocycles. The Morgan fingerprint density at radius 1 is 1.06 bits per heavy atom. The summed E-state index contributed by atoms with van der Waals surface area (Å²) in [5.74, 6) is -1.44.